The smallest absolute Gasteiger partial charge is 0.0579 e. The number of hydrogen-bond donors (Lipinski definition) is 1. The first-order valence-electron chi connectivity index (χ1n) is 6.93. The Hall–Kier alpha value is -0.670. The van der Waals surface area contributed by atoms with Gasteiger partial charge >= 0.3 is 0 Å². The molecule has 3 unspecified atom stereocenters. The standard InChI is InChI=1S/C15H23NOS/c1-3-16-13-9-5-7-11-15(13)18(17)14-10-6-4-8-12(14)2/h4,6,8,10,13,15-16H,3,5,7,9,11H2,1-2H3. The zero-order valence-electron chi connectivity index (χ0n) is 11.3. The molecule has 1 N–H and O–H groups in total. The van der Waals surface area contributed by atoms with Crippen LogP contribution in [-0.4, -0.2) is 22.0 Å². The Labute approximate surface area is 113 Å². The van der Waals surface area contributed by atoms with Crippen molar-refractivity contribution in [3.8, 4) is 0 Å². The zero-order chi connectivity index (χ0) is 13.0. The fourth-order valence-electron chi connectivity index (χ4n) is 2.79. The summed E-state index contributed by atoms with van der Waals surface area (Å²) in [6.07, 6.45) is 4.72. The molecule has 0 aliphatic heterocycles. The van der Waals surface area contributed by atoms with Crippen LogP contribution in [0.1, 0.15) is 38.2 Å². The monoisotopic (exact) mass is 265 g/mol. The van der Waals surface area contributed by atoms with E-state index in [-0.39, 0.29) is 5.25 Å². The molecule has 3 atom stereocenters. The molecule has 0 spiro atoms. The van der Waals surface area contributed by atoms with Gasteiger partial charge in [-0.25, -0.2) is 0 Å². The van der Waals surface area contributed by atoms with Crippen LogP contribution in [0.25, 0.3) is 0 Å². The van der Waals surface area contributed by atoms with Gasteiger partial charge in [-0.05, 0) is 37.9 Å². The van der Waals surface area contributed by atoms with Gasteiger partial charge in [0.25, 0.3) is 0 Å². The van der Waals surface area contributed by atoms with Crippen LogP contribution in [0.3, 0.4) is 0 Å². The van der Waals surface area contributed by atoms with Crippen LogP contribution in [0.2, 0.25) is 0 Å². The lowest BCUT2D eigenvalue weighted by atomic mass is 9.95. The van der Waals surface area contributed by atoms with Gasteiger partial charge in [0.1, 0.15) is 0 Å². The quantitative estimate of drug-likeness (QED) is 0.906. The van der Waals surface area contributed by atoms with Crippen molar-refractivity contribution in [1.29, 1.82) is 0 Å². The molecule has 1 aliphatic rings. The Morgan fingerprint density at radius 3 is 2.72 bits per heavy atom. The summed E-state index contributed by atoms with van der Waals surface area (Å²) in [6, 6.07) is 8.50. The van der Waals surface area contributed by atoms with E-state index in [0.717, 1.165) is 29.8 Å². The van der Waals surface area contributed by atoms with E-state index in [9.17, 15) is 4.21 Å². The maximum Gasteiger partial charge on any atom is 0.0579 e. The number of hydrogen-bond acceptors (Lipinski definition) is 2. The highest BCUT2D eigenvalue weighted by Gasteiger charge is 2.30. The first-order chi connectivity index (χ1) is 8.74. The first kappa shape index (κ1) is 13.8. The lowest BCUT2D eigenvalue weighted by Gasteiger charge is -2.31. The lowest BCUT2D eigenvalue weighted by molar-refractivity contribution is 0.385. The lowest BCUT2D eigenvalue weighted by Crippen LogP contribution is -2.44. The Morgan fingerprint density at radius 2 is 2.00 bits per heavy atom. The van der Waals surface area contributed by atoms with E-state index in [4.69, 9.17) is 0 Å². The normalized spacial score (nSPS) is 25.9. The van der Waals surface area contributed by atoms with Crippen LogP contribution in [0.5, 0.6) is 0 Å². The molecule has 0 radical (unpaired) electrons. The van der Waals surface area contributed by atoms with Gasteiger partial charge in [-0.3, -0.25) is 4.21 Å². The third-order valence-electron chi connectivity index (χ3n) is 3.75. The van der Waals surface area contributed by atoms with Crippen molar-refractivity contribution in [1.82, 2.24) is 5.32 Å². The predicted molar refractivity (Wildman–Crippen MR) is 77.3 cm³/mol. The highest BCUT2D eigenvalue weighted by Crippen LogP contribution is 2.27. The Morgan fingerprint density at radius 1 is 1.28 bits per heavy atom. The third kappa shape index (κ3) is 3.01. The second kappa shape index (κ2) is 6.48. The molecule has 1 aromatic carbocycles. The van der Waals surface area contributed by atoms with Gasteiger partial charge in [0.2, 0.25) is 0 Å². The fourth-order valence-corrected chi connectivity index (χ4v) is 4.63. The van der Waals surface area contributed by atoms with E-state index in [1.807, 2.05) is 18.2 Å². The van der Waals surface area contributed by atoms with Gasteiger partial charge in [0.05, 0.1) is 16.0 Å². The molecule has 2 rings (SSSR count). The Balaban J connectivity index is 2.18. The van der Waals surface area contributed by atoms with Crippen LogP contribution < -0.4 is 5.32 Å². The average molecular weight is 265 g/mol. The summed E-state index contributed by atoms with van der Waals surface area (Å²) in [7, 11) is -0.875. The fraction of sp³-hybridized carbons (Fsp3) is 0.600. The zero-order valence-corrected chi connectivity index (χ0v) is 12.1. The van der Waals surface area contributed by atoms with E-state index in [2.05, 4.69) is 25.2 Å². The highest BCUT2D eigenvalue weighted by atomic mass is 32.2. The third-order valence-corrected chi connectivity index (χ3v) is 5.76. The second-order valence-electron chi connectivity index (χ2n) is 5.05. The van der Waals surface area contributed by atoms with Crippen molar-refractivity contribution < 1.29 is 4.21 Å². The van der Waals surface area contributed by atoms with Gasteiger partial charge in [0, 0.05) is 10.9 Å². The molecule has 1 saturated carbocycles. The Bertz CT molecular complexity index is 417. The molecule has 1 aliphatic carbocycles. The van der Waals surface area contributed by atoms with Crippen LogP contribution >= 0.6 is 0 Å². The largest absolute Gasteiger partial charge is 0.313 e. The second-order valence-corrected chi connectivity index (χ2v) is 6.69. The molecule has 0 amide bonds. The van der Waals surface area contributed by atoms with Crippen molar-refractivity contribution in [2.45, 2.75) is 55.7 Å². The predicted octanol–water partition coefficient (Wildman–Crippen LogP) is 3.02. The first-order valence-corrected chi connectivity index (χ1v) is 8.15. The molecule has 2 nitrogen and oxygen atoms in total. The summed E-state index contributed by atoms with van der Waals surface area (Å²) in [5.74, 6) is 0. The molecular formula is C15H23NOS. The SMILES string of the molecule is CCNC1CCCCC1S(=O)c1ccccc1C. The van der Waals surface area contributed by atoms with Gasteiger partial charge in [-0.2, -0.15) is 0 Å². The summed E-state index contributed by atoms with van der Waals surface area (Å²) in [5.41, 5.74) is 1.15. The topological polar surface area (TPSA) is 29.1 Å². The van der Waals surface area contributed by atoms with Gasteiger partial charge < -0.3 is 5.32 Å². The van der Waals surface area contributed by atoms with Crippen LogP contribution in [0, 0.1) is 6.92 Å². The molecule has 1 aromatic rings. The minimum atomic E-state index is -0.875. The Kier molecular flexibility index (Phi) is 4.95. The number of benzene rings is 1. The van der Waals surface area contributed by atoms with Crippen LogP contribution in [-0.2, 0) is 10.8 Å². The van der Waals surface area contributed by atoms with Crippen LogP contribution in [0.4, 0.5) is 0 Å². The molecule has 0 heterocycles. The maximum absolute atomic E-state index is 12.8. The molecule has 3 heteroatoms. The molecular weight excluding hydrogens is 242 g/mol. The summed E-state index contributed by atoms with van der Waals surface area (Å²) in [6.45, 7) is 5.15. The molecule has 0 bridgehead atoms. The number of nitrogens with one attached hydrogen (secondary N) is 1. The minimum absolute atomic E-state index is 0.278. The summed E-state index contributed by atoms with van der Waals surface area (Å²) in [5, 5.41) is 3.79. The van der Waals surface area contributed by atoms with E-state index in [0.29, 0.717) is 6.04 Å². The molecule has 0 saturated heterocycles. The maximum atomic E-state index is 12.8. The highest BCUT2D eigenvalue weighted by molar-refractivity contribution is 7.85. The number of aryl methyl sites for hydroxylation is 1. The molecule has 100 valence electrons. The van der Waals surface area contributed by atoms with Gasteiger partial charge in [-0.1, -0.05) is 38.0 Å². The van der Waals surface area contributed by atoms with Crippen molar-refractivity contribution in [2.75, 3.05) is 6.54 Å². The summed E-state index contributed by atoms with van der Waals surface area (Å²) >= 11 is 0. The van der Waals surface area contributed by atoms with E-state index < -0.39 is 10.8 Å². The molecule has 1 fully saturated rings. The van der Waals surface area contributed by atoms with Crippen molar-refractivity contribution in [2.24, 2.45) is 0 Å². The van der Waals surface area contributed by atoms with Crippen molar-refractivity contribution in [3.63, 3.8) is 0 Å². The molecule has 18 heavy (non-hydrogen) atoms. The summed E-state index contributed by atoms with van der Waals surface area (Å²) < 4.78 is 12.8. The average Bonchev–Trinajstić information content (AvgIpc) is 2.40. The van der Waals surface area contributed by atoms with E-state index >= 15 is 0 Å². The van der Waals surface area contributed by atoms with E-state index in [1.165, 1.54) is 12.8 Å². The minimum Gasteiger partial charge on any atom is -0.313 e. The summed E-state index contributed by atoms with van der Waals surface area (Å²) in [4.78, 5) is 1.02. The van der Waals surface area contributed by atoms with E-state index in [1.54, 1.807) is 0 Å². The number of rotatable bonds is 4. The van der Waals surface area contributed by atoms with Crippen LogP contribution in [0.15, 0.2) is 29.2 Å². The van der Waals surface area contributed by atoms with Gasteiger partial charge in [-0.15, -0.1) is 0 Å². The van der Waals surface area contributed by atoms with Crippen molar-refractivity contribution >= 4 is 10.8 Å². The van der Waals surface area contributed by atoms with Crippen molar-refractivity contribution in [3.05, 3.63) is 29.8 Å². The molecule has 0 aromatic heterocycles. The van der Waals surface area contributed by atoms with Gasteiger partial charge in [0.15, 0.2) is 0 Å².